The molecule has 23 heavy (non-hydrogen) atoms. The minimum Gasteiger partial charge on any atom is -0.361 e. The Morgan fingerprint density at radius 1 is 1.17 bits per heavy atom. The Balaban J connectivity index is 1.98. The lowest BCUT2D eigenvalue weighted by atomic mass is 10.0. The fourth-order valence-corrected chi connectivity index (χ4v) is 2.87. The SMILES string of the molecule is C=CCN1C(=O)c2ccccc2NC1/C(C)=C/c1ccccc1. The number of anilines is 1. The molecule has 0 aliphatic carbocycles. The van der Waals surface area contributed by atoms with Gasteiger partial charge in [0.05, 0.1) is 5.56 Å². The number of fused-ring (bicyclic) bond motifs is 1. The molecule has 3 rings (SSSR count). The van der Waals surface area contributed by atoms with Gasteiger partial charge in [0.2, 0.25) is 0 Å². The van der Waals surface area contributed by atoms with E-state index in [1.54, 1.807) is 6.08 Å². The van der Waals surface area contributed by atoms with E-state index in [0.717, 1.165) is 16.8 Å². The van der Waals surface area contributed by atoms with Crippen LogP contribution in [0.25, 0.3) is 6.08 Å². The average molecular weight is 304 g/mol. The highest BCUT2D eigenvalue weighted by molar-refractivity contribution is 6.02. The van der Waals surface area contributed by atoms with Gasteiger partial charge in [-0.2, -0.15) is 0 Å². The molecule has 1 unspecified atom stereocenters. The van der Waals surface area contributed by atoms with Crippen molar-refractivity contribution in [1.82, 2.24) is 4.90 Å². The molecule has 116 valence electrons. The molecule has 0 saturated heterocycles. The van der Waals surface area contributed by atoms with Crippen molar-refractivity contribution in [1.29, 1.82) is 0 Å². The molecule has 0 aromatic heterocycles. The van der Waals surface area contributed by atoms with Crippen LogP contribution in [-0.4, -0.2) is 23.5 Å². The Hall–Kier alpha value is -2.81. The lowest BCUT2D eigenvalue weighted by molar-refractivity contribution is 0.0732. The number of amides is 1. The average Bonchev–Trinajstić information content (AvgIpc) is 2.58. The second kappa shape index (κ2) is 6.53. The second-order valence-electron chi connectivity index (χ2n) is 5.64. The number of para-hydroxylation sites is 1. The van der Waals surface area contributed by atoms with Gasteiger partial charge in [0, 0.05) is 12.2 Å². The predicted molar refractivity (Wildman–Crippen MR) is 95.2 cm³/mol. The van der Waals surface area contributed by atoms with Crippen LogP contribution in [0, 0.1) is 0 Å². The lowest BCUT2D eigenvalue weighted by Crippen LogP contribution is -2.49. The third-order valence-corrected chi connectivity index (χ3v) is 3.97. The molecule has 1 heterocycles. The van der Waals surface area contributed by atoms with Crippen molar-refractivity contribution in [2.45, 2.75) is 13.1 Å². The first-order valence-corrected chi connectivity index (χ1v) is 7.71. The van der Waals surface area contributed by atoms with E-state index in [4.69, 9.17) is 0 Å². The highest BCUT2D eigenvalue weighted by Gasteiger charge is 2.31. The molecule has 1 aliphatic rings. The quantitative estimate of drug-likeness (QED) is 0.860. The predicted octanol–water partition coefficient (Wildman–Crippen LogP) is 4.17. The number of carbonyl (C=O) groups is 1. The summed E-state index contributed by atoms with van der Waals surface area (Å²) in [4.78, 5) is 14.6. The molecule has 0 saturated carbocycles. The largest absolute Gasteiger partial charge is 0.361 e. The van der Waals surface area contributed by atoms with Crippen LogP contribution in [0.4, 0.5) is 5.69 Å². The third-order valence-electron chi connectivity index (χ3n) is 3.97. The first-order chi connectivity index (χ1) is 11.2. The summed E-state index contributed by atoms with van der Waals surface area (Å²) in [5, 5.41) is 3.47. The zero-order valence-electron chi connectivity index (χ0n) is 13.2. The van der Waals surface area contributed by atoms with Crippen LogP contribution in [0.15, 0.2) is 72.8 Å². The van der Waals surface area contributed by atoms with E-state index in [0.29, 0.717) is 12.1 Å². The summed E-state index contributed by atoms with van der Waals surface area (Å²) in [5.74, 6) is 0.0325. The van der Waals surface area contributed by atoms with Crippen LogP contribution >= 0.6 is 0 Å². The highest BCUT2D eigenvalue weighted by atomic mass is 16.2. The zero-order valence-corrected chi connectivity index (χ0v) is 13.2. The van der Waals surface area contributed by atoms with Crippen molar-refractivity contribution >= 4 is 17.7 Å². The number of hydrogen-bond donors (Lipinski definition) is 1. The summed E-state index contributed by atoms with van der Waals surface area (Å²) in [6.45, 7) is 6.33. The third kappa shape index (κ3) is 3.04. The lowest BCUT2D eigenvalue weighted by Gasteiger charge is -2.38. The van der Waals surface area contributed by atoms with Crippen molar-refractivity contribution in [3.63, 3.8) is 0 Å². The topological polar surface area (TPSA) is 32.3 Å². The monoisotopic (exact) mass is 304 g/mol. The summed E-state index contributed by atoms with van der Waals surface area (Å²) < 4.78 is 0. The van der Waals surface area contributed by atoms with Crippen LogP contribution in [0.5, 0.6) is 0 Å². The summed E-state index contributed by atoms with van der Waals surface area (Å²) in [6, 6.07) is 17.8. The molecule has 1 aliphatic heterocycles. The summed E-state index contributed by atoms with van der Waals surface area (Å²) in [5.41, 5.74) is 3.79. The Morgan fingerprint density at radius 2 is 1.87 bits per heavy atom. The van der Waals surface area contributed by atoms with Gasteiger partial charge < -0.3 is 10.2 Å². The van der Waals surface area contributed by atoms with Gasteiger partial charge in [-0.15, -0.1) is 6.58 Å². The van der Waals surface area contributed by atoms with E-state index in [1.807, 2.05) is 54.3 Å². The maximum atomic E-state index is 12.8. The Bertz CT molecular complexity index is 749. The standard InChI is InChI=1S/C20H20N2O/c1-3-13-22-19(15(2)14-16-9-5-4-6-10-16)21-18-12-8-7-11-17(18)20(22)23/h3-12,14,19,21H,1,13H2,2H3/b15-14+. The number of nitrogens with one attached hydrogen (secondary N) is 1. The summed E-state index contributed by atoms with van der Waals surface area (Å²) >= 11 is 0. The molecule has 0 radical (unpaired) electrons. The van der Waals surface area contributed by atoms with Crippen LogP contribution in [-0.2, 0) is 0 Å². The molecule has 2 aromatic carbocycles. The van der Waals surface area contributed by atoms with Crippen molar-refractivity contribution in [2.75, 3.05) is 11.9 Å². The number of carbonyl (C=O) groups excluding carboxylic acids is 1. The van der Waals surface area contributed by atoms with Crippen LogP contribution in [0.2, 0.25) is 0 Å². The van der Waals surface area contributed by atoms with Gasteiger partial charge in [0.1, 0.15) is 6.17 Å². The minimum atomic E-state index is -0.171. The fraction of sp³-hybridized carbons (Fsp3) is 0.150. The van der Waals surface area contributed by atoms with Gasteiger partial charge >= 0.3 is 0 Å². The van der Waals surface area contributed by atoms with E-state index in [1.165, 1.54) is 0 Å². The van der Waals surface area contributed by atoms with Crippen LogP contribution in [0.1, 0.15) is 22.8 Å². The minimum absolute atomic E-state index is 0.0325. The van der Waals surface area contributed by atoms with Crippen molar-refractivity contribution < 1.29 is 4.79 Å². The van der Waals surface area contributed by atoms with E-state index in [2.05, 4.69) is 30.1 Å². The molecular weight excluding hydrogens is 284 g/mol. The summed E-state index contributed by atoms with van der Waals surface area (Å²) in [7, 11) is 0. The Morgan fingerprint density at radius 3 is 2.61 bits per heavy atom. The van der Waals surface area contributed by atoms with E-state index >= 15 is 0 Å². The van der Waals surface area contributed by atoms with Gasteiger partial charge in [-0.3, -0.25) is 4.79 Å². The van der Waals surface area contributed by atoms with Gasteiger partial charge in [0.15, 0.2) is 0 Å². The van der Waals surface area contributed by atoms with E-state index in [-0.39, 0.29) is 12.1 Å². The molecular formula is C20H20N2O. The molecule has 0 bridgehead atoms. The number of nitrogens with zero attached hydrogens (tertiary/aromatic N) is 1. The molecule has 0 fully saturated rings. The van der Waals surface area contributed by atoms with Gasteiger partial charge in [-0.1, -0.05) is 54.6 Å². The molecule has 1 N–H and O–H groups in total. The highest BCUT2D eigenvalue weighted by Crippen LogP contribution is 2.28. The smallest absolute Gasteiger partial charge is 0.258 e. The van der Waals surface area contributed by atoms with Crippen molar-refractivity contribution in [3.8, 4) is 0 Å². The fourth-order valence-electron chi connectivity index (χ4n) is 2.87. The van der Waals surface area contributed by atoms with E-state index < -0.39 is 0 Å². The van der Waals surface area contributed by atoms with Crippen LogP contribution < -0.4 is 5.32 Å². The van der Waals surface area contributed by atoms with Gasteiger partial charge in [-0.05, 0) is 30.2 Å². The summed E-state index contributed by atoms with van der Waals surface area (Å²) in [6.07, 6.45) is 3.70. The zero-order chi connectivity index (χ0) is 16.2. The number of benzene rings is 2. The molecule has 1 amide bonds. The first-order valence-electron chi connectivity index (χ1n) is 7.71. The normalized spacial score (nSPS) is 17.4. The molecule has 0 spiro atoms. The Kier molecular flexibility index (Phi) is 4.29. The van der Waals surface area contributed by atoms with Crippen molar-refractivity contribution in [3.05, 3.63) is 84.0 Å². The molecule has 2 aromatic rings. The second-order valence-corrected chi connectivity index (χ2v) is 5.64. The molecule has 1 atom stereocenters. The molecule has 3 nitrogen and oxygen atoms in total. The van der Waals surface area contributed by atoms with Crippen molar-refractivity contribution in [2.24, 2.45) is 0 Å². The first kappa shape index (κ1) is 15.1. The number of hydrogen-bond acceptors (Lipinski definition) is 2. The maximum Gasteiger partial charge on any atom is 0.258 e. The number of rotatable bonds is 4. The molecule has 3 heteroatoms. The Labute approximate surface area is 136 Å². The van der Waals surface area contributed by atoms with Gasteiger partial charge in [0.25, 0.3) is 5.91 Å². The van der Waals surface area contributed by atoms with Crippen LogP contribution in [0.3, 0.4) is 0 Å². The van der Waals surface area contributed by atoms with Gasteiger partial charge in [-0.25, -0.2) is 0 Å². The van der Waals surface area contributed by atoms with E-state index in [9.17, 15) is 4.79 Å². The maximum absolute atomic E-state index is 12.8.